The Hall–Kier alpha value is -2.70. The molecular weight excluding hydrogens is 352 g/mol. The van der Waals surface area contributed by atoms with Crippen molar-refractivity contribution in [3.05, 3.63) is 41.5 Å². The van der Waals surface area contributed by atoms with Crippen LogP contribution in [0.3, 0.4) is 0 Å². The number of rotatable bonds is 4. The molecular formula is C21H28N6O. The number of nitrogens with one attached hydrogen (secondary N) is 1. The van der Waals surface area contributed by atoms with E-state index in [4.69, 9.17) is 4.98 Å². The van der Waals surface area contributed by atoms with Crippen molar-refractivity contribution >= 4 is 17.5 Å². The van der Waals surface area contributed by atoms with E-state index in [0.29, 0.717) is 5.56 Å². The Morgan fingerprint density at radius 3 is 2.64 bits per heavy atom. The number of fused-ring (bicyclic) bond motifs is 1. The van der Waals surface area contributed by atoms with Crippen LogP contribution in [-0.2, 0) is 12.8 Å². The number of likely N-dealkylation sites (tertiary alicyclic amines) is 1. The van der Waals surface area contributed by atoms with Crippen molar-refractivity contribution in [2.24, 2.45) is 0 Å². The topological polar surface area (TPSA) is 74.2 Å². The van der Waals surface area contributed by atoms with Gasteiger partial charge in [-0.05, 0) is 50.8 Å². The predicted octanol–water partition coefficient (Wildman–Crippen LogP) is 2.53. The van der Waals surface area contributed by atoms with E-state index in [2.05, 4.69) is 40.1 Å². The summed E-state index contributed by atoms with van der Waals surface area (Å²) in [5.74, 6) is 1.77. The van der Waals surface area contributed by atoms with Crippen molar-refractivity contribution in [3.63, 3.8) is 0 Å². The fraction of sp³-hybridized carbons (Fsp3) is 0.524. The van der Waals surface area contributed by atoms with Crippen LogP contribution in [0.4, 0.5) is 11.6 Å². The van der Waals surface area contributed by atoms with Gasteiger partial charge in [0, 0.05) is 50.5 Å². The molecule has 2 aliphatic heterocycles. The molecule has 2 aliphatic rings. The summed E-state index contributed by atoms with van der Waals surface area (Å²) in [6.07, 6.45) is 7.23. The number of pyridine rings is 1. The van der Waals surface area contributed by atoms with Crippen molar-refractivity contribution in [3.8, 4) is 0 Å². The zero-order chi connectivity index (χ0) is 19.5. The minimum absolute atomic E-state index is 0.104. The highest BCUT2D eigenvalue weighted by atomic mass is 16.2. The average Bonchev–Trinajstić information content (AvgIpc) is 3.15. The van der Waals surface area contributed by atoms with Gasteiger partial charge in [-0.1, -0.05) is 0 Å². The predicted molar refractivity (Wildman–Crippen MR) is 110 cm³/mol. The van der Waals surface area contributed by atoms with E-state index < -0.39 is 0 Å². The Morgan fingerprint density at radius 1 is 1.14 bits per heavy atom. The van der Waals surface area contributed by atoms with E-state index in [1.54, 1.807) is 12.5 Å². The molecule has 28 heavy (non-hydrogen) atoms. The van der Waals surface area contributed by atoms with Crippen LogP contribution in [-0.4, -0.2) is 58.0 Å². The first-order chi connectivity index (χ1) is 13.6. The van der Waals surface area contributed by atoms with E-state index in [0.717, 1.165) is 69.2 Å². The number of carbonyl (C=O) groups excluding carboxylic acids is 1. The van der Waals surface area contributed by atoms with Gasteiger partial charge in [-0.3, -0.25) is 4.79 Å². The second-order valence-corrected chi connectivity index (χ2v) is 7.84. The first-order valence-electron chi connectivity index (χ1n) is 10.2. The van der Waals surface area contributed by atoms with Crippen molar-refractivity contribution in [2.75, 3.05) is 36.4 Å². The second kappa shape index (κ2) is 8.12. The first-order valence-corrected chi connectivity index (χ1v) is 10.2. The van der Waals surface area contributed by atoms with Crippen molar-refractivity contribution in [1.82, 2.24) is 19.9 Å². The van der Waals surface area contributed by atoms with Gasteiger partial charge in [0.25, 0.3) is 5.91 Å². The lowest BCUT2D eigenvalue weighted by molar-refractivity contribution is 0.0793. The highest BCUT2D eigenvalue weighted by molar-refractivity contribution is 5.99. The molecule has 4 heterocycles. The molecule has 0 aliphatic carbocycles. The maximum Gasteiger partial charge on any atom is 0.257 e. The number of amides is 1. The molecule has 1 fully saturated rings. The Morgan fingerprint density at radius 2 is 1.93 bits per heavy atom. The zero-order valence-electron chi connectivity index (χ0n) is 16.7. The number of anilines is 2. The Balaban J connectivity index is 1.63. The molecule has 2 aromatic heterocycles. The zero-order valence-corrected chi connectivity index (χ0v) is 16.7. The van der Waals surface area contributed by atoms with E-state index >= 15 is 0 Å². The molecule has 0 radical (unpaired) electrons. The summed E-state index contributed by atoms with van der Waals surface area (Å²) in [6.45, 7) is 7.57. The van der Waals surface area contributed by atoms with Crippen LogP contribution in [0.1, 0.15) is 48.3 Å². The maximum absolute atomic E-state index is 13.1. The molecule has 0 aromatic carbocycles. The molecule has 7 heteroatoms. The number of hydrogen-bond donors (Lipinski definition) is 1. The highest BCUT2D eigenvalue weighted by Crippen LogP contribution is 2.26. The van der Waals surface area contributed by atoms with Crippen LogP contribution < -0.4 is 10.2 Å². The van der Waals surface area contributed by atoms with Crippen LogP contribution in [0.2, 0.25) is 0 Å². The lowest BCUT2D eigenvalue weighted by Gasteiger charge is -2.21. The third kappa shape index (κ3) is 3.93. The summed E-state index contributed by atoms with van der Waals surface area (Å²) in [7, 11) is 0. The minimum atomic E-state index is 0.104. The van der Waals surface area contributed by atoms with Gasteiger partial charge in [-0.25, -0.2) is 15.0 Å². The van der Waals surface area contributed by atoms with Crippen LogP contribution in [0.25, 0.3) is 0 Å². The van der Waals surface area contributed by atoms with Gasteiger partial charge < -0.3 is 15.1 Å². The lowest BCUT2D eigenvalue weighted by atomic mass is 10.0. The molecule has 4 rings (SSSR count). The van der Waals surface area contributed by atoms with Crippen molar-refractivity contribution in [2.45, 2.75) is 45.6 Å². The number of carbonyl (C=O) groups is 1. The largest absolute Gasteiger partial charge is 0.367 e. The van der Waals surface area contributed by atoms with Gasteiger partial charge in [0.05, 0.1) is 5.56 Å². The molecule has 7 nitrogen and oxygen atoms in total. The van der Waals surface area contributed by atoms with Crippen molar-refractivity contribution in [1.29, 1.82) is 0 Å². The van der Waals surface area contributed by atoms with Crippen LogP contribution >= 0.6 is 0 Å². The maximum atomic E-state index is 13.1. The summed E-state index contributed by atoms with van der Waals surface area (Å²) in [5.41, 5.74) is 2.97. The molecule has 148 valence electrons. The molecule has 1 saturated heterocycles. The lowest BCUT2D eigenvalue weighted by Crippen LogP contribution is -2.29. The van der Waals surface area contributed by atoms with Crippen LogP contribution in [0.15, 0.2) is 24.7 Å². The quantitative estimate of drug-likeness (QED) is 0.879. The molecule has 0 spiro atoms. The number of nitrogens with zero attached hydrogens (tertiary/aromatic N) is 5. The number of hydrogen-bond acceptors (Lipinski definition) is 6. The fourth-order valence-corrected chi connectivity index (χ4v) is 3.97. The van der Waals surface area contributed by atoms with Crippen molar-refractivity contribution < 1.29 is 4.79 Å². The summed E-state index contributed by atoms with van der Waals surface area (Å²) in [4.78, 5) is 30.7. The van der Waals surface area contributed by atoms with Gasteiger partial charge >= 0.3 is 0 Å². The molecule has 2 aromatic rings. The molecule has 1 N–H and O–H groups in total. The molecule has 0 unspecified atom stereocenters. The summed E-state index contributed by atoms with van der Waals surface area (Å²) >= 11 is 0. The van der Waals surface area contributed by atoms with Gasteiger partial charge in [0.1, 0.15) is 18.0 Å². The fourth-order valence-electron chi connectivity index (χ4n) is 3.97. The third-order valence-electron chi connectivity index (χ3n) is 5.40. The van der Waals surface area contributed by atoms with Crippen LogP contribution in [0, 0.1) is 0 Å². The van der Waals surface area contributed by atoms with Gasteiger partial charge in [0.15, 0.2) is 0 Å². The normalized spacial score (nSPS) is 16.8. The Labute approximate surface area is 166 Å². The standard InChI is InChI=1S/C21H28N6O/c1-15(2)24-20-17(21(28)27-9-3-4-10-27)13-16-6-11-26(12-7-18(16)25-20)19-5-8-22-14-23-19/h5,8,13-15H,3-4,6-7,9-12H2,1-2H3,(H,24,25). The summed E-state index contributed by atoms with van der Waals surface area (Å²) in [6, 6.07) is 4.24. The summed E-state index contributed by atoms with van der Waals surface area (Å²) in [5, 5.41) is 3.40. The molecule has 1 amide bonds. The van der Waals surface area contributed by atoms with Gasteiger partial charge in [-0.15, -0.1) is 0 Å². The average molecular weight is 380 g/mol. The minimum Gasteiger partial charge on any atom is -0.367 e. The van der Waals surface area contributed by atoms with Gasteiger partial charge in [0.2, 0.25) is 0 Å². The SMILES string of the molecule is CC(C)Nc1nc2c(cc1C(=O)N1CCCC1)CCN(c1ccncn1)CC2. The third-order valence-corrected chi connectivity index (χ3v) is 5.40. The summed E-state index contributed by atoms with van der Waals surface area (Å²) < 4.78 is 0. The van der Waals surface area contributed by atoms with E-state index in [1.807, 2.05) is 11.0 Å². The highest BCUT2D eigenvalue weighted by Gasteiger charge is 2.26. The molecule has 0 saturated carbocycles. The number of aromatic nitrogens is 3. The monoisotopic (exact) mass is 380 g/mol. The van der Waals surface area contributed by atoms with Gasteiger partial charge in [-0.2, -0.15) is 0 Å². The Kier molecular flexibility index (Phi) is 5.41. The van der Waals surface area contributed by atoms with Crippen LogP contribution in [0.5, 0.6) is 0 Å². The van der Waals surface area contributed by atoms with E-state index in [1.165, 1.54) is 5.56 Å². The Bertz CT molecular complexity index is 832. The first kappa shape index (κ1) is 18.7. The molecule has 0 atom stereocenters. The molecule has 0 bridgehead atoms. The smallest absolute Gasteiger partial charge is 0.257 e. The second-order valence-electron chi connectivity index (χ2n) is 7.84. The van der Waals surface area contributed by atoms with E-state index in [9.17, 15) is 4.79 Å². The van der Waals surface area contributed by atoms with E-state index in [-0.39, 0.29) is 11.9 Å².